The summed E-state index contributed by atoms with van der Waals surface area (Å²) >= 11 is 0. The van der Waals surface area contributed by atoms with Crippen molar-refractivity contribution in [2.24, 2.45) is 0 Å². The van der Waals surface area contributed by atoms with Crippen LogP contribution in [0, 0.1) is 0 Å². The van der Waals surface area contributed by atoms with Gasteiger partial charge in [-0.05, 0) is 61.4 Å². The van der Waals surface area contributed by atoms with Crippen LogP contribution in [0.25, 0.3) is 11.1 Å². The molecule has 26 heavy (non-hydrogen) atoms. The Kier molecular flexibility index (Phi) is 4.61. The van der Waals surface area contributed by atoms with Crippen molar-refractivity contribution in [2.45, 2.75) is 45.1 Å². The molecule has 1 aliphatic carbocycles. The van der Waals surface area contributed by atoms with Crippen molar-refractivity contribution in [2.75, 3.05) is 5.32 Å². The Bertz CT molecular complexity index is 1000. The molecule has 0 saturated carbocycles. The molecule has 0 fully saturated rings. The average Bonchev–Trinajstić information content (AvgIpc) is 2.98. The van der Waals surface area contributed by atoms with Crippen LogP contribution in [0.1, 0.15) is 36.8 Å². The van der Waals surface area contributed by atoms with Crippen molar-refractivity contribution >= 4 is 22.7 Å². The van der Waals surface area contributed by atoms with Crippen LogP contribution in [-0.2, 0) is 24.2 Å². The van der Waals surface area contributed by atoms with Crippen LogP contribution in [0.3, 0.4) is 0 Å². The van der Waals surface area contributed by atoms with E-state index in [0.29, 0.717) is 25.0 Å². The van der Waals surface area contributed by atoms with E-state index in [-0.39, 0.29) is 11.7 Å². The van der Waals surface area contributed by atoms with Gasteiger partial charge in [-0.3, -0.25) is 9.36 Å². The van der Waals surface area contributed by atoms with Gasteiger partial charge in [0.15, 0.2) is 5.58 Å². The number of anilines is 1. The van der Waals surface area contributed by atoms with E-state index in [2.05, 4.69) is 11.4 Å². The lowest BCUT2D eigenvalue weighted by atomic mass is 9.90. The van der Waals surface area contributed by atoms with Gasteiger partial charge in [-0.15, -0.1) is 0 Å². The predicted octanol–water partition coefficient (Wildman–Crippen LogP) is 3.89. The van der Waals surface area contributed by atoms with Crippen LogP contribution in [0.15, 0.2) is 51.7 Å². The molecule has 1 heterocycles. The van der Waals surface area contributed by atoms with E-state index in [4.69, 9.17) is 4.42 Å². The number of fused-ring (bicyclic) bond motifs is 2. The highest BCUT2D eigenvalue weighted by Crippen LogP contribution is 2.28. The molecule has 0 bridgehead atoms. The number of hydrogen-bond donors (Lipinski definition) is 1. The minimum atomic E-state index is -0.372. The second-order valence-electron chi connectivity index (χ2n) is 6.79. The highest BCUT2D eigenvalue weighted by atomic mass is 16.4. The molecular weight excluding hydrogens is 328 g/mol. The Balaban J connectivity index is 1.39. The summed E-state index contributed by atoms with van der Waals surface area (Å²) < 4.78 is 6.81. The summed E-state index contributed by atoms with van der Waals surface area (Å²) in [7, 11) is 0. The summed E-state index contributed by atoms with van der Waals surface area (Å²) in [6.07, 6.45) is 5.48. The molecule has 0 unspecified atom stereocenters. The summed E-state index contributed by atoms with van der Waals surface area (Å²) in [5, 5.41) is 3.05. The number of nitrogens with zero attached hydrogens (tertiary/aromatic N) is 1. The Morgan fingerprint density at radius 1 is 1.08 bits per heavy atom. The first-order chi connectivity index (χ1) is 12.7. The van der Waals surface area contributed by atoms with Crippen molar-refractivity contribution in [3.05, 3.63) is 64.1 Å². The zero-order valence-corrected chi connectivity index (χ0v) is 14.7. The maximum atomic E-state index is 12.4. The van der Waals surface area contributed by atoms with Gasteiger partial charge in [0.2, 0.25) is 5.91 Å². The molecule has 5 nitrogen and oxygen atoms in total. The lowest BCUT2D eigenvalue weighted by Gasteiger charge is -2.19. The SMILES string of the molecule is O=C(CCCn1c(=O)oc2ccccc21)Nc1cccc2c1CCCC2. The van der Waals surface area contributed by atoms with Gasteiger partial charge >= 0.3 is 5.76 Å². The van der Waals surface area contributed by atoms with E-state index < -0.39 is 0 Å². The quantitative estimate of drug-likeness (QED) is 0.759. The number of aryl methyl sites for hydroxylation is 2. The number of rotatable bonds is 5. The van der Waals surface area contributed by atoms with Crippen LogP contribution in [0.4, 0.5) is 5.69 Å². The molecule has 134 valence electrons. The third-order valence-electron chi connectivity index (χ3n) is 5.03. The summed E-state index contributed by atoms with van der Waals surface area (Å²) in [5.74, 6) is -0.381. The number of nitrogens with one attached hydrogen (secondary N) is 1. The van der Waals surface area contributed by atoms with Gasteiger partial charge < -0.3 is 9.73 Å². The fraction of sp³-hybridized carbons (Fsp3) is 0.333. The van der Waals surface area contributed by atoms with Crippen molar-refractivity contribution in [3.8, 4) is 0 Å². The molecule has 0 saturated heterocycles. The van der Waals surface area contributed by atoms with Crippen molar-refractivity contribution in [3.63, 3.8) is 0 Å². The standard InChI is InChI=1S/C21H22N2O3/c24-20(22-17-10-5-8-15-7-1-2-9-16(15)17)13-6-14-23-18-11-3-4-12-19(18)26-21(23)25/h3-5,8,10-12H,1-2,6-7,9,13-14H2,(H,22,24). The predicted molar refractivity (Wildman–Crippen MR) is 101 cm³/mol. The fourth-order valence-corrected chi connectivity index (χ4v) is 3.73. The number of oxazole rings is 1. The van der Waals surface area contributed by atoms with Gasteiger partial charge in [0.1, 0.15) is 0 Å². The lowest BCUT2D eigenvalue weighted by Crippen LogP contribution is -2.18. The molecule has 0 aliphatic heterocycles. The Morgan fingerprint density at radius 2 is 1.92 bits per heavy atom. The Hall–Kier alpha value is -2.82. The number of para-hydroxylation sites is 2. The summed E-state index contributed by atoms with van der Waals surface area (Å²) in [5.41, 5.74) is 4.93. The maximum absolute atomic E-state index is 12.4. The lowest BCUT2D eigenvalue weighted by molar-refractivity contribution is -0.116. The van der Waals surface area contributed by atoms with Crippen molar-refractivity contribution in [1.29, 1.82) is 0 Å². The fourth-order valence-electron chi connectivity index (χ4n) is 3.73. The Labute approximate surface area is 151 Å². The topological polar surface area (TPSA) is 64.2 Å². The monoisotopic (exact) mass is 350 g/mol. The van der Waals surface area contributed by atoms with E-state index in [1.54, 1.807) is 10.6 Å². The molecule has 0 atom stereocenters. The zero-order chi connectivity index (χ0) is 17.9. The van der Waals surface area contributed by atoms with E-state index in [1.165, 1.54) is 24.0 Å². The summed E-state index contributed by atoms with van der Waals surface area (Å²) in [6, 6.07) is 13.5. The number of amides is 1. The normalized spacial score (nSPS) is 13.5. The largest absolute Gasteiger partial charge is 0.419 e. The van der Waals surface area contributed by atoms with Crippen LogP contribution in [0.2, 0.25) is 0 Å². The van der Waals surface area contributed by atoms with E-state index in [9.17, 15) is 9.59 Å². The third-order valence-corrected chi connectivity index (χ3v) is 5.03. The van der Waals surface area contributed by atoms with Crippen molar-refractivity contribution < 1.29 is 9.21 Å². The third kappa shape index (κ3) is 3.29. The first kappa shape index (κ1) is 16.6. The maximum Gasteiger partial charge on any atom is 0.419 e. The summed E-state index contributed by atoms with van der Waals surface area (Å²) in [6.45, 7) is 0.468. The molecule has 0 radical (unpaired) electrons. The molecule has 3 aromatic rings. The minimum Gasteiger partial charge on any atom is -0.408 e. The molecule has 0 spiro atoms. The first-order valence-corrected chi connectivity index (χ1v) is 9.21. The number of carbonyl (C=O) groups is 1. The first-order valence-electron chi connectivity index (χ1n) is 9.21. The molecule has 1 aromatic heterocycles. The molecule has 1 aliphatic rings. The number of benzene rings is 2. The minimum absolute atomic E-state index is 0.00942. The highest BCUT2D eigenvalue weighted by Gasteiger charge is 2.15. The van der Waals surface area contributed by atoms with Gasteiger partial charge in [-0.1, -0.05) is 24.3 Å². The molecule has 1 N–H and O–H groups in total. The van der Waals surface area contributed by atoms with E-state index in [0.717, 1.165) is 24.0 Å². The summed E-state index contributed by atoms with van der Waals surface area (Å²) in [4.78, 5) is 24.3. The van der Waals surface area contributed by atoms with E-state index >= 15 is 0 Å². The molecule has 5 heteroatoms. The highest BCUT2D eigenvalue weighted by molar-refractivity contribution is 5.91. The average molecular weight is 350 g/mol. The number of hydrogen-bond acceptors (Lipinski definition) is 3. The van der Waals surface area contributed by atoms with E-state index in [1.807, 2.05) is 30.3 Å². The van der Waals surface area contributed by atoms with Crippen LogP contribution in [0.5, 0.6) is 0 Å². The second-order valence-corrected chi connectivity index (χ2v) is 6.79. The van der Waals surface area contributed by atoms with Crippen LogP contribution < -0.4 is 11.1 Å². The van der Waals surface area contributed by atoms with Gasteiger partial charge in [0.05, 0.1) is 5.52 Å². The smallest absolute Gasteiger partial charge is 0.408 e. The zero-order valence-electron chi connectivity index (χ0n) is 14.7. The van der Waals surface area contributed by atoms with Crippen LogP contribution in [-0.4, -0.2) is 10.5 Å². The van der Waals surface area contributed by atoms with Gasteiger partial charge in [-0.25, -0.2) is 4.79 Å². The second kappa shape index (κ2) is 7.20. The van der Waals surface area contributed by atoms with Crippen molar-refractivity contribution in [1.82, 2.24) is 4.57 Å². The number of carbonyl (C=O) groups excluding carboxylic acids is 1. The Morgan fingerprint density at radius 3 is 2.85 bits per heavy atom. The molecule has 4 rings (SSSR count). The molecule has 1 amide bonds. The van der Waals surface area contributed by atoms with Crippen LogP contribution >= 0.6 is 0 Å². The molecule has 2 aromatic carbocycles. The number of aromatic nitrogens is 1. The van der Waals surface area contributed by atoms with Gasteiger partial charge in [-0.2, -0.15) is 0 Å². The van der Waals surface area contributed by atoms with Gasteiger partial charge in [0.25, 0.3) is 0 Å². The molecular formula is C21H22N2O3. The van der Waals surface area contributed by atoms with Gasteiger partial charge in [0, 0.05) is 18.7 Å².